The lowest BCUT2D eigenvalue weighted by molar-refractivity contribution is -0.124. The highest BCUT2D eigenvalue weighted by Crippen LogP contribution is 2.37. The van der Waals surface area contributed by atoms with Gasteiger partial charge in [-0.1, -0.05) is 18.2 Å². The van der Waals surface area contributed by atoms with Gasteiger partial charge in [-0.3, -0.25) is 4.79 Å². The van der Waals surface area contributed by atoms with Gasteiger partial charge in [-0.2, -0.15) is 0 Å². The minimum absolute atomic E-state index is 0.0774. The van der Waals surface area contributed by atoms with Gasteiger partial charge >= 0.3 is 0 Å². The second-order valence-electron chi connectivity index (χ2n) is 7.29. The lowest BCUT2D eigenvalue weighted by Gasteiger charge is -2.38. The van der Waals surface area contributed by atoms with Crippen LogP contribution in [0.5, 0.6) is 11.5 Å². The predicted octanol–water partition coefficient (Wildman–Crippen LogP) is 4.29. The maximum absolute atomic E-state index is 13.0. The fraction of sp³-hybridized carbons (Fsp3) is 0.348. The van der Waals surface area contributed by atoms with E-state index in [1.165, 1.54) is 0 Å². The van der Waals surface area contributed by atoms with Crippen LogP contribution in [0, 0.1) is 5.92 Å². The van der Waals surface area contributed by atoms with E-state index in [-0.39, 0.29) is 23.8 Å². The third-order valence-corrected chi connectivity index (χ3v) is 5.60. The lowest BCUT2D eigenvalue weighted by Crippen LogP contribution is -2.42. The average molecular weight is 379 g/mol. The molecule has 2 aromatic rings. The third-order valence-electron chi connectivity index (χ3n) is 5.60. The Kier molecular flexibility index (Phi) is 5.24. The number of hydrogen-bond donors (Lipinski definition) is 1. The molecule has 0 aromatic heterocycles. The van der Waals surface area contributed by atoms with Gasteiger partial charge in [0.05, 0.1) is 32.0 Å². The Morgan fingerprint density at radius 1 is 1.00 bits per heavy atom. The monoisotopic (exact) mass is 379 g/mol. The molecule has 0 saturated heterocycles. The number of benzene rings is 2. The van der Waals surface area contributed by atoms with Crippen molar-refractivity contribution in [3.8, 4) is 11.5 Å². The molecule has 2 aromatic carbocycles. The maximum atomic E-state index is 13.0. The van der Waals surface area contributed by atoms with E-state index < -0.39 is 0 Å². The lowest BCUT2D eigenvalue weighted by atomic mass is 9.77. The third kappa shape index (κ3) is 3.70. The van der Waals surface area contributed by atoms with E-state index >= 15 is 0 Å². The molecular weight excluding hydrogens is 354 g/mol. The summed E-state index contributed by atoms with van der Waals surface area (Å²) in [7, 11) is 3.30. The molecule has 4 rings (SSSR count). The summed E-state index contributed by atoms with van der Waals surface area (Å²) >= 11 is 0. The molecule has 2 aliphatic rings. The number of allylic oxidation sites excluding steroid dienone is 1. The van der Waals surface area contributed by atoms with Crippen LogP contribution in [-0.2, 0) is 9.53 Å². The smallest absolute Gasteiger partial charge is 0.173 e. The molecule has 28 heavy (non-hydrogen) atoms. The van der Waals surface area contributed by atoms with Gasteiger partial charge in [0.25, 0.3) is 0 Å². The molecule has 0 radical (unpaired) electrons. The number of ether oxygens (including phenoxy) is 3. The number of nitrogens with one attached hydrogen (secondary N) is 1. The van der Waals surface area contributed by atoms with E-state index in [0.29, 0.717) is 5.57 Å². The van der Waals surface area contributed by atoms with Crippen molar-refractivity contribution in [2.24, 2.45) is 5.92 Å². The number of fused-ring (bicyclic) bond motifs is 1. The van der Waals surface area contributed by atoms with Gasteiger partial charge in [0.15, 0.2) is 5.78 Å². The van der Waals surface area contributed by atoms with Crippen molar-refractivity contribution in [2.45, 2.75) is 31.4 Å². The molecule has 3 atom stereocenters. The Balaban J connectivity index is 1.44. The molecule has 1 aliphatic carbocycles. The van der Waals surface area contributed by atoms with Gasteiger partial charge in [0, 0.05) is 24.2 Å². The first-order valence-corrected chi connectivity index (χ1v) is 9.63. The molecule has 0 amide bonds. The molecule has 1 saturated carbocycles. The molecule has 1 aliphatic heterocycles. The highest BCUT2D eigenvalue weighted by Gasteiger charge is 2.40. The average Bonchev–Trinajstić information content (AvgIpc) is 2.74. The minimum Gasteiger partial charge on any atom is -0.497 e. The van der Waals surface area contributed by atoms with Crippen LogP contribution in [0.3, 0.4) is 0 Å². The van der Waals surface area contributed by atoms with E-state index in [1.807, 2.05) is 48.5 Å². The van der Waals surface area contributed by atoms with Crippen LogP contribution < -0.4 is 14.8 Å². The van der Waals surface area contributed by atoms with Gasteiger partial charge in [-0.05, 0) is 42.7 Å². The van der Waals surface area contributed by atoms with Crippen molar-refractivity contribution in [3.63, 3.8) is 0 Å². The zero-order chi connectivity index (χ0) is 19.5. The van der Waals surface area contributed by atoms with Gasteiger partial charge in [0.2, 0.25) is 0 Å². The standard InChI is InChI=1S/C23H25NO4/c1-26-18-9-6-15(7-10-18)21-14-28-22-13-17(8-11-20(22)23(21)25)24-16-4-3-5-19(12-16)27-2/h3-7,9-10,12,14,17,20,22,24H,8,11,13H2,1-2H3. The number of hydrogen-bond acceptors (Lipinski definition) is 5. The Labute approximate surface area is 165 Å². The number of carbonyl (C=O) groups is 1. The van der Waals surface area contributed by atoms with Crippen LogP contribution in [0.2, 0.25) is 0 Å². The summed E-state index contributed by atoms with van der Waals surface area (Å²) in [5.41, 5.74) is 2.56. The second-order valence-corrected chi connectivity index (χ2v) is 7.29. The first kappa shape index (κ1) is 18.4. The summed E-state index contributed by atoms with van der Waals surface area (Å²) in [6.07, 6.45) is 4.12. The van der Waals surface area contributed by atoms with E-state index in [9.17, 15) is 4.79 Å². The van der Waals surface area contributed by atoms with E-state index in [2.05, 4.69) is 5.32 Å². The van der Waals surface area contributed by atoms with Gasteiger partial charge in [0.1, 0.15) is 17.6 Å². The van der Waals surface area contributed by atoms with Crippen molar-refractivity contribution < 1.29 is 19.0 Å². The predicted molar refractivity (Wildman–Crippen MR) is 109 cm³/mol. The summed E-state index contributed by atoms with van der Waals surface area (Å²) in [5, 5.41) is 3.55. The normalized spacial score (nSPS) is 23.9. The molecule has 146 valence electrons. The number of methoxy groups -OCH3 is 2. The number of carbonyl (C=O) groups excluding carboxylic acids is 1. The maximum Gasteiger partial charge on any atom is 0.173 e. The number of rotatable bonds is 5. The minimum atomic E-state index is -0.0783. The summed E-state index contributed by atoms with van der Waals surface area (Å²) < 4.78 is 16.5. The summed E-state index contributed by atoms with van der Waals surface area (Å²) in [6, 6.07) is 15.7. The molecular formula is C23H25NO4. The van der Waals surface area contributed by atoms with Crippen LogP contribution in [0.25, 0.3) is 5.57 Å². The molecule has 3 unspecified atom stereocenters. The van der Waals surface area contributed by atoms with E-state index in [1.54, 1.807) is 20.5 Å². The van der Waals surface area contributed by atoms with Crippen molar-refractivity contribution >= 4 is 17.0 Å². The zero-order valence-electron chi connectivity index (χ0n) is 16.2. The molecule has 5 nitrogen and oxygen atoms in total. The topological polar surface area (TPSA) is 56.8 Å². The van der Waals surface area contributed by atoms with Crippen LogP contribution in [0.1, 0.15) is 24.8 Å². The van der Waals surface area contributed by atoms with Crippen LogP contribution in [-0.4, -0.2) is 32.1 Å². The molecule has 1 N–H and O–H groups in total. The van der Waals surface area contributed by atoms with Gasteiger partial charge in [-0.25, -0.2) is 0 Å². The van der Waals surface area contributed by atoms with Crippen LogP contribution >= 0.6 is 0 Å². The van der Waals surface area contributed by atoms with Crippen molar-refractivity contribution in [3.05, 3.63) is 60.4 Å². The Bertz CT molecular complexity index is 874. The molecule has 0 bridgehead atoms. The fourth-order valence-corrected chi connectivity index (χ4v) is 4.05. The zero-order valence-corrected chi connectivity index (χ0v) is 16.2. The quantitative estimate of drug-likeness (QED) is 0.840. The van der Waals surface area contributed by atoms with E-state index in [4.69, 9.17) is 14.2 Å². The highest BCUT2D eigenvalue weighted by atomic mass is 16.5. The van der Waals surface area contributed by atoms with Crippen LogP contribution in [0.15, 0.2) is 54.8 Å². The van der Waals surface area contributed by atoms with Gasteiger partial charge < -0.3 is 19.5 Å². The Morgan fingerprint density at radius 3 is 2.54 bits per heavy atom. The Morgan fingerprint density at radius 2 is 1.79 bits per heavy atom. The first-order chi connectivity index (χ1) is 13.7. The first-order valence-electron chi connectivity index (χ1n) is 9.63. The summed E-state index contributed by atoms with van der Waals surface area (Å²) in [4.78, 5) is 13.0. The van der Waals surface area contributed by atoms with E-state index in [0.717, 1.165) is 42.0 Å². The second kappa shape index (κ2) is 7.97. The number of anilines is 1. The summed E-state index contributed by atoms with van der Waals surface area (Å²) in [6.45, 7) is 0. The van der Waals surface area contributed by atoms with Gasteiger partial charge in [-0.15, -0.1) is 0 Å². The molecule has 5 heteroatoms. The largest absolute Gasteiger partial charge is 0.497 e. The molecule has 1 heterocycles. The number of Topliss-reactive ketones (excluding diaryl/α,β-unsaturated/α-hetero) is 1. The van der Waals surface area contributed by atoms with Crippen LogP contribution in [0.4, 0.5) is 5.69 Å². The molecule has 1 fully saturated rings. The van der Waals surface area contributed by atoms with Crippen molar-refractivity contribution in [1.29, 1.82) is 0 Å². The summed E-state index contributed by atoms with van der Waals surface area (Å²) in [5.74, 6) is 1.71. The highest BCUT2D eigenvalue weighted by molar-refractivity contribution is 6.22. The number of ketones is 1. The van der Waals surface area contributed by atoms with Crippen molar-refractivity contribution in [1.82, 2.24) is 0 Å². The SMILES string of the molecule is COc1ccc(C2=COC3CC(Nc4cccc(OC)c4)CCC3C2=O)cc1. The fourth-order valence-electron chi connectivity index (χ4n) is 4.05. The Hall–Kier alpha value is -2.95. The molecule has 0 spiro atoms. The van der Waals surface area contributed by atoms with Crippen molar-refractivity contribution in [2.75, 3.05) is 19.5 Å².